The van der Waals surface area contributed by atoms with E-state index in [2.05, 4.69) is 28.2 Å². The minimum Gasteiger partial charge on any atom is -0.484 e. The number of nitrogens with zero attached hydrogens (tertiary/aromatic N) is 1. The third-order valence-corrected chi connectivity index (χ3v) is 7.60. The van der Waals surface area contributed by atoms with Gasteiger partial charge in [-0.25, -0.2) is 0 Å². The first-order valence-corrected chi connectivity index (χ1v) is 13.6. The number of unbranched alkanes of at least 4 members (excludes halogenated alkanes) is 1. The van der Waals surface area contributed by atoms with E-state index in [-0.39, 0.29) is 18.4 Å². The molecule has 0 saturated carbocycles. The van der Waals surface area contributed by atoms with Crippen molar-refractivity contribution < 1.29 is 14.3 Å². The second-order valence-electron chi connectivity index (χ2n) is 9.52. The van der Waals surface area contributed by atoms with Crippen molar-refractivity contribution in [1.29, 1.82) is 0 Å². The van der Waals surface area contributed by atoms with Gasteiger partial charge in [0.15, 0.2) is 6.61 Å². The van der Waals surface area contributed by atoms with E-state index in [9.17, 15) is 9.59 Å². The third kappa shape index (κ3) is 8.46. The maximum atomic E-state index is 13.7. The molecule has 0 spiro atoms. The quantitative estimate of drug-likeness (QED) is 0.262. The molecule has 0 saturated heterocycles. The number of hydrogen-bond acceptors (Lipinski definition) is 3. The zero-order valence-corrected chi connectivity index (χ0v) is 23.8. The summed E-state index contributed by atoms with van der Waals surface area (Å²) in [4.78, 5) is 28.8. The highest BCUT2D eigenvalue weighted by Gasteiger charge is 2.30. The van der Waals surface area contributed by atoms with Crippen LogP contribution < -0.4 is 10.1 Å². The zero-order chi connectivity index (χ0) is 26.8. The molecule has 196 valence electrons. The van der Waals surface area contributed by atoms with Gasteiger partial charge in [-0.2, -0.15) is 0 Å². The number of hydrogen-bond donors (Lipinski definition) is 1. The summed E-state index contributed by atoms with van der Waals surface area (Å²) < 4.78 is 6.98. The van der Waals surface area contributed by atoms with Crippen molar-refractivity contribution in [1.82, 2.24) is 10.2 Å². The molecule has 3 aromatic carbocycles. The van der Waals surface area contributed by atoms with Crippen LogP contribution in [0.5, 0.6) is 5.75 Å². The molecule has 0 bridgehead atoms. The molecule has 0 fully saturated rings. The van der Waals surface area contributed by atoms with Crippen LogP contribution in [-0.2, 0) is 22.6 Å². The number of rotatable bonds is 12. The molecular weight excluding hydrogens is 528 g/mol. The maximum Gasteiger partial charge on any atom is 0.261 e. The maximum absolute atomic E-state index is 13.7. The second kappa shape index (κ2) is 14.0. The first-order chi connectivity index (χ1) is 17.8. The van der Waals surface area contributed by atoms with Crippen LogP contribution in [0, 0.1) is 20.8 Å². The molecule has 2 amide bonds. The highest BCUT2D eigenvalue weighted by Crippen LogP contribution is 2.26. The molecule has 0 aliphatic heterocycles. The van der Waals surface area contributed by atoms with E-state index in [4.69, 9.17) is 4.74 Å². The third-order valence-electron chi connectivity index (χ3n) is 6.35. The Hall–Kier alpha value is -3.12. The summed E-state index contributed by atoms with van der Waals surface area (Å²) in [6.45, 7) is 8.85. The lowest BCUT2D eigenvalue weighted by atomic mass is 10.0. The number of carbonyl (C=O) groups excluding carboxylic acids is 2. The molecule has 3 aromatic rings. The molecule has 1 N–H and O–H groups in total. The zero-order valence-electron chi connectivity index (χ0n) is 22.2. The lowest BCUT2D eigenvalue weighted by Gasteiger charge is -2.31. The molecule has 6 heteroatoms. The Labute approximate surface area is 229 Å². The van der Waals surface area contributed by atoms with Crippen molar-refractivity contribution in [3.05, 3.63) is 99.0 Å². The van der Waals surface area contributed by atoms with Crippen LogP contribution >= 0.6 is 15.9 Å². The summed E-state index contributed by atoms with van der Waals surface area (Å²) in [5.74, 6) is 0.257. The summed E-state index contributed by atoms with van der Waals surface area (Å²) in [5.41, 5.74) is 5.19. The molecule has 0 radical (unpaired) electrons. The number of halogens is 1. The Morgan fingerprint density at radius 3 is 2.22 bits per heavy atom. The number of nitrogens with one attached hydrogen (secondary N) is 1. The Morgan fingerprint density at radius 1 is 0.946 bits per heavy atom. The van der Waals surface area contributed by atoms with Crippen LogP contribution in [0.15, 0.2) is 71.2 Å². The van der Waals surface area contributed by atoms with Gasteiger partial charge in [0.2, 0.25) is 5.91 Å². The van der Waals surface area contributed by atoms with Crippen LogP contribution in [-0.4, -0.2) is 35.9 Å². The minimum absolute atomic E-state index is 0.145. The smallest absolute Gasteiger partial charge is 0.261 e. The van der Waals surface area contributed by atoms with Crippen molar-refractivity contribution in [2.75, 3.05) is 13.2 Å². The summed E-state index contributed by atoms with van der Waals surface area (Å²) in [5, 5.41) is 3.05. The van der Waals surface area contributed by atoms with Gasteiger partial charge in [-0.3, -0.25) is 9.59 Å². The highest BCUT2D eigenvalue weighted by atomic mass is 79.9. The predicted molar refractivity (Wildman–Crippen MR) is 153 cm³/mol. The van der Waals surface area contributed by atoms with Crippen molar-refractivity contribution in [3.8, 4) is 5.75 Å². The van der Waals surface area contributed by atoms with Gasteiger partial charge in [-0.05, 0) is 61.6 Å². The monoisotopic (exact) mass is 564 g/mol. The molecule has 0 heterocycles. The van der Waals surface area contributed by atoms with E-state index in [1.165, 1.54) is 0 Å². The average molecular weight is 566 g/mol. The highest BCUT2D eigenvalue weighted by molar-refractivity contribution is 9.10. The van der Waals surface area contributed by atoms with Gasteiger partial charge in [0.1, 0.15) is 11.8 Å². The minimum atomic E-state index is -0.662. The van der Waals surface area contributed by atoms with Gasteiger partial charge in [0, 0.05) is 24.0 Å². The summed E-state index contributed by atoms with van der Waals surface area (Å²) >= 11 is 3.58. The molecule has 0 aromatic heterocycles. The fourth-order valence-electron chi connectivity index (χ4n) is 4.17. The first-order valence-electron chi connectivity index (χ1n) is 12.8. The van der Waals surface area contributed by atoms with E-state index in [1.54, 1.807) is 4.90 Å². The summed E-state index contributed by atoms with van der Waals surface area (Å²) in [7, 11) is 0. The molecule has 0 aliphatic carbocycles. The number of benzene rings is 3. The van der Waals surface area contributed by atoms with Crippen LogP contribution in [0.2, 0.25) is 0 Å². The Bertz CT molecular complexity index is 1160. The van der Waals surface area contributed by atoms with Crippen molar-refractivity contribution in [3.63, 3.8) is 0 Å². The van der Waals surface area contributed by atoms with Gasteiger partial charge < -0.3 is 15.0 Å². The lowest BCUT2D eigenvalue weighted by molar-refractivity contribution is -0.142. The molecular formula is C31H37BrN2O3. The van der Waals surface area contributed by atoms with E-state index >= 15 is 0 Å². The average Bonchev–Trinajstić information content (AvgIpc) is 2.89. The van der Waals surface area contributed by atoms with Crippen molar-refractivity contribution >= 4 is 27.7 Å². The Kier molecular flexibility index (Phi) is 10.8. The van der Waals surface area contributed by atoms with Gasteiger partial charge >= 0.3 is 0 Å². The van der Waals surface area contributed by atoms with Crippen LogP contribution in [0.1, 0.15) is 47.6 Å². The number of aryl methyl sites for hydroxylation is 3. The number of carbonyl (C=O) groups is 2. The predicted octanol–water partition coefficient (Wildman–Crippen LogP) is 6.31. The van der Waals surface area contributed by atoms with E-state index < -0.39 is 6.04 Å². The van der Waals surface area contributed by atoms with Gasteiger partial charge in [-0.15, -0.1) is 0 Å². The summed E-state index contributed by atoms with van der Waals surface area (Å²) in [6.07, 6.45) is 2.30. The topological polar surface area (TPSA) is 58.6 Å². The van der Waals surface area contributed by atoms with E-state index in [0.29, 0.717) is 25.3 Å². The van der Waals surface area contributed by atoms with Crippen molar-refractivity contribution in [2.45, 2.75) is 59.5 Å². The lowest BCUT2D eigenvalue weighted by Crippen LogP contribution is -2.51. The number of amides is 2. The molecule has 1 atom stereocenters. The summed E-state index contributed by atoms with van der Waals surface area (Å²) in [6, 6.07) is 21.1. The van der Waals surface area contributed by atoms with E-state index in [1.807, 2.05) is 87.5 Å². The number of ether oxygens (including phenoxy) is 1. The second-order valence-corrected chi connectivity index (χ2v) is 10.3. The van der Waals surface area contributed by atoms with Gasteiger partial charge in [0.05, 0.1) is 0 Å². The molecule has 1 unspecified atom stereocenters. The van der Waals surface area contributed by atoms with Crippen molar-refractivity contribution in [2.24, 2.45) is 0 Å². The molecule has 3 rings (SSSR count). The fraction of sp³-hybridized carbons (Fsp3) is 0.355. The standard InChI is InChI=1S/C31H37BrN2O3/c1-5-6-16-33-31(36)28(19-25-10-8-7-9-11-25)34(20-26-14-12-22(2)13-15-26)29(35)21-37-27-17-23(3)30(32)24(4)18-27/h7-15,17-18,28H,5-6,16,19-21H2,1-4H3,(H,33,36). The molecule has 5 nitrogen and oxygen atoms in total. The Morgan fingerprint density at radius 2 is 1.59 bits per heavy atom. The van der Waals surface area contributed by atoms with E-state index in [0.717, 1.165) is 45.1 Å². The SMILES string of the molecule is CCCCNC(=O)C(Cc1ccccc1)N(Cc1ccc(C)cc1)C(=O)COc1cc(C)c(Br)c(C)c1. The van der Waals surface area contributed by atoms with Crippen LogP contribution in [0.25, 0.3) is 0 Å². The van der Waals surface area contributed by atoms with Crippen LogP contribution in [0.3, 0.4) is 0 Å². The van der Waals surface area contributed by atoms with Gasteiger partial charge in [-0.1, -0.05) is 89.4 Å². The first kappa shape index (κ1) is 28.5. The normalized spacial score (nSPS) is 11.6. The van der Waals surface area contributed by atoms with Gasteiger partial charge in [0.25, 0.3) is 5.91 Å². The molecule has 0 aliphatic rings. The molecule has 37 heavy (non-hydrogen) atoms. The largest absolute Gasteiger partial charge is 0.484 e. The Balaban J connectivity index is 1.89. The van der Waals surface area contributed by atoms with Crippen LogP contribution in [0.4, 0.5) is 0 Å². The fourth-order valence-corrected chi connectivity index (χ4v) is 4.40.